The second kappa shape index (κ2) is 11.0. The smallest absolute Gasteiger partial charge is 0.242 e. The van der Waals surface area contributed by atoms with E-state index < -0.39 is 0 Å². The van der Waals surface area contributed by atoms with Gasteiger partial charge in [-0.2, -0.15) is 0 Å². The molecular weight excluding hydrogens is 519 g/mol. The molecule has 0 aliphatic rings. The van der Waals surface area contributed by atoms with E-state index in [1.54, 1.807) is 0 Å². The quantitative estimate of drug-likeness (QED) is 0.196. The van der Waals surface area contributed by atoms with Gasteiger partial charge < -0.3 is 0 Å². The molecule has 0 radical (unpaired) electrons. The molecule has 0 bridgehead atoms. The van der Waals surface area contributed by atoms with E-state index in [2.05, 4.69) is 152 Å². The van der Waals surface area contributed by atoms with Crippen molar-refractivity contribution < 1.29 is 0 Å². The van der Waals surface area contributed by atoms with Crippen molar-refractivity contribution in [1.82, 2.24) is 9.55 Å². The fourth-order valence-corrected chi connectivity index (χ4v) is 7.60. The van der Waals surface area contributed by atoms with E-state index in [1.807, 2.05) is 0 Å². The lowest BCUT2D eigenvalue weighted by molar-refractivity contribution is 1.06. The summed E-state index contributed by atoms with van der Waals surface area (Å²) >= 11 is 0. The molecule has 5 aromatic carbocycles. The van der Waals surface area contributed by atoms with Crippen molar-refractivity contribution in [3.8, 4) is 17.1 Å². The normalized spacial score (nSPS) is 11.4. The molecule has 0 N–H and O–H groups in total. The summed E-state index contributed by atoms with van der Waals surface area (Å²) in [6.07, 6.45) is 0. The zero-order valence-electron chi connectivity index (χ0n) is 27.1. The first-order valence-electron chi connectivity index (χ1n) is 15.3. The predicted molar refractivity (Wildman–Crippen MR) is 187 cm³/mol. The number of para-hydroxylation sites is 2. The Morgan fingerprint density at radius 3 is 1.53 bits per heavy atom. The Morgan fingerprint density at radius 1 is 0.512 bits per heavy atom. The average molecular weight is 561 g/mol. The molecule has 2 nitrogen and oxygen atoms in total. The molecule has 0 saturated carbocycles. The van der Waals surface area contributed by atoms with Crippen LogP contribution in [-0.4, -0.2) is 16.3 Å². The lowest BCUT2D eigenvalue weighted by Crippen LogP contribution is -2.55. The predicted octanol–water partition coefficient (Wildman–Crippen LogP) is 7.98. The zero-order valence-corrected chi connectivity index (χ0v) is 27.1. The molecule has 0 amide bonds. The lowest BCUT2D eigenvalue weighted by Gasteiger charge is -2.25. The largest absolute Gasteiger partial charge is 0.292 e. The van der Waals surface area contributed by atoms with Crippen LogP contribution in [0.3, 0.4) is 0 Å². The summed E-state index contributed by atoms with van der Waals surface area (Å²) in [7, 11) is 0. The Hall–Kier alpha value is -4.37. The maximum Gasteiger partial charge on any atom is 0.242 e. The molecule has 0 fully saturated rings. The van der Waals surface area contributed by atoms with Gasteiger partial charge >= 0.3 is 0 Å². The lowest BCUT2D eigenvalue weighted by atomic mass is 9.34. The van der Waals surface area contributed by atoms with Crippen molar-refractivity contribution in [1.29, 1.82) is 0 Å². The maximum atomic E-state index is 5.27. The van der Waals surface area contributed by atoms with Crippen LogP contribution in [0.5, 0.6) is 0 Å². The number of imidazole rings is 1. The van der Waals surface area contributed by atoms with Crippen LogP contribution in [0.25, 0.3) is 28.1 Å². The highest BCUT2D eigenvalue weighted by Crippen LogP contribution is 2.32. The molecule has 0 spiro atoms. The van der Waals surface area contributed by atoms with E-state index in [0.29, 0.717) is 0 Å². The second-order valence-electron chi connectivity index (χ2n) is 12.7. The van der Waals surface area contributed by atoms with Gasteiger partial charge in [0.1, 0.15) is 5.82 Å². The Bertz CT molecular complexity index is 1900. The van der Waals surface area contributed by atoms with E-state index in [4.69, 9.17) is 4.98 Å². The van der Waals surface area contributed by atoms with E-state index in [0.717, 1.165) is 22.4 Å². The topological polar surface area (TPSA) is 17.8 Å². The summed E-state index contributed by atoms with van der Waals surface area (Å²) in [6, 6.07) is 31.5. The third kappa shape index (κ3) is 5.12. The number of hydrogen-bond acceptors (Lipinski definition) is 1. The second-order valence-corrected chi connectivity index (χ2v) is 12.7. The molecule has 3 heteroatoms. The van der Waals surface area contributed by atoms with E-state index >= 15 is 0 Å². The molecule has 0 saturated heterocycles. The number of aromatic nitrogens is 2. The van der Waals surface area contributed by atoms with Crippen molar-refractivity contribution in [3.05, 3.63) is 135 Å². The molecule has 6 rings (SSSR count). The van der Waals surface area contributed by atoms with Gasteiger partial charge in [-0.3, -0.25) is 4.57 Å². The fraction of sp³-hybridized carbons (Fsp3) is 0.225. The van der Waals surface area contributed by atoms with Crippen molar-refractivity contribution in [2.45, 2.75) is 62.3 Å². The van der Waals surface area contributed by atoms with Crippen molar-refractivity contribution >= 4 is 34.1 Å². The van der Waals surface area contributed by atoms with Crippen LogP contribution in [0.2, 0.25) is 0 Å². The van der Waals surface area contributed by atoms with E-state index in [1.165, 1.54) is 72.1 Å². The van der Waals surface area contributed by atoms with Gasteiger partial charge in [0, 0.05) is 5.56 Å². The van der Waals surface area contributed by atoms with Gasteiger partial charge in [-0.25, -0.2) is 4.98 Å². The van der Waals surface area contributed by atoms with Crippen LogP contribution < -0.4 is 16.4 Å². The highest BCUT2D eigenvalue weighted by atomic mass is 15.1. The molecule has 0 aliphatic heterocycles. The highest BCUT2D eigenvalue weighted by molar-refractivity contribution is 6.96. The van der Waals surface area contributed by atoms with Crippen LogP contribution in [0, 0.1) is 62.3 Å². The number of rotatable bonds is 5. The van der Waals surface area contributed by atoms with E-state index in [9.17, 15) is 0 Å². The summed E-state index contributed by atoms with van der Waals surface area (Å²) in [6.45, 7) is 20.2. The number of benzene rings is 5. The van der Waals surface area contributed by atoms with Gasteiger partial charge in [-0.1, -0.05) is 128 Å². The fourth-order valence-electron chi connectivity index (χ4n) is 7.60. The van der Waals surface area contributed by atoms with Crippen molar-refractivity contribution in [2.75, 3.05) is 0 Å². The van der Waals surface area contributed by atoms with Crippen LogP contribution >= 0.6 is 0 Å². The Balaban J connectivity index is 1.64. The minimum Gasteiger partial charge on any atom is -0.292 e. The van der Waals surface area contributed by atoms with Gasteiger partial charge in [-0.15, -0.1) is 0 Å². The molecule has 0 unspecified atom stereocenters. The summed E-state index contributed by atoms with van der Waals surface area (Å²) in [5, 5.41) is 0. The maximum absolute atomic E-state index is 5.27. The summed E-state index contributed by atoms with van der Waals surface area (Å²) in [5.41, 5.74) is 20.3. The number of aryl methyl sites for hydroxylation is 9. The van der Waals surface area contributed by atoms with Crippen molar-refractivity contribution in [3.63, 3.8) is 0 Å². The zero-order chi connectivity index (χ0) is 30.6. The molecule has 43 heavy (non-hydrogen) atoms. The molecule has 0 atom stereocenters. The molecule has 6 aromatic rings. The average Bonchev–Trinajstić information content (AvgIpc) is 3.30. The minimum absolute atomic E-state index is 0.113. The molecule has 214 valence electrons. The van der Waals surface area contributed by atoms with Crippen LogP contribution in [0.15, 0.2) is 84.9 Å². The Morgan fingerprint density at radius 2 is 1.00 bits per heavy atom. The van der Waals surface area contributed by atoms with Gasteiger partial charge in [0.25, 0.3) is 0 Å². The van der Waals surface area contributed by atoms with Gasteiger partial charge in [-0.05, 0) is 85.6 Å². The van der Waals surface area contributed by atoms with Crippen LogP contribution in [0.4, 0.5) is 0 Å². The molecular formula is C40H41BN2. The summed E-state index contributed by atoms with van der Waals surface area (Å²) in [5.74, 6) is 0.978. The number of fused-ring (bicyclic) bond motifs is 1. The Labute approximate surface area is 257 Å². The van der Waals surface area contributed by atoms with Gasteiger partial charge in [0.05, 0.1) is 16.7 Å². The first-order chi connectivity index (χ1) is 20.5. The molecule has 1 aromatic heterocycles. The highest BCUT2D eigenvalue weighted by Gasteiger charge is 2.29. The van der Waals surface area contributed by atoms with Gasteiger partial charge in [0.2, 0.25) is 6.71 Å². The monoisotopic (exact) mass is 560 g/mol. The Kier molecular flexibility index (Phi) is 7.38. The standard InChI is InChI=1S/C40H41BN2/c1-24-17-27(4)37(28(5)18-24)41(38-29(6)19-25(2)20-30(38)7)34-14-12-13-33(23-34)40-42-35-15-10-11-16-36(35)43(40)39-31(8)21-26(3)22-32(39)9/h10-23H,1-9H3. The van der Waals surface area contributed by atoms with Crippen LogP contribution in [0.1, 0.15) is 50.1 Å². The number of nitrogens with zero attached hydrogens (tertiary/aromatic N) is 2. The summed E-state index contributed by atoms with van der Waals surface area (Å²) in [4.78, 5) is 5.27. The summed E-state index contributed by atoms with van der Waals surface area (Å²) < 4.78 is 2.37. The first kappa shape index (κ1) is 28.7. The molecule has 0 aliphatic carbocycles. The third-order valence-electron chi connectivity index (χ3n) is 8.95. The van der Waals surface area contributed by atoms with Gasteiger partial charge in [0.15, 0.2) is 0 Å². The minimum atomic E-state index is 0.113. The number of hydrogen-bond donors (Lipinski definition) is 0. The van der Waals surface area contributed by atoms with Crippen LogP contribution in [-0.2, 0) is 0 Å². The molecule has 1 heterocycles. The van der Waals surface area contributed by atoms with E-state index in [-0.39, 0.29) is 6.71 Å². The third-order valence-corrected chi connectivity index (χ3v) is 8.95. The SMILES string of the molecule is Cc1cc(C)c(B(c2cccc(-c3nc4ccccc4n3-c3c(C)cc(C)cc3C)c2)c2c(C)cc(C)cc2C)c(C)c1. The first-order valence-corrected chi connectivity index (χ1v) is 15.3. The van der Waals surface area contributed by atoms with Crippen molar-refractivity contribution in [2.24, 2.45) is 0 Å².